The third-order valence-electron chi connectivity index (χ3n) is 3.82. The maximum atomic E-state index is 9.66. The van der Waals surface area contributed by atoms with Gasteiger partial charge < -0.3 is 9.47 Å². The van der Waals surface area contributed by atoms with E-state index >= 15 is 0 Å². The van der Waals surface area contributed by atoms with Gasteiger partial charge in [-0.15, -0.1) is 11.3 Å². The monoisotopic (exact) mass is 376 g/mol. The molecular formula is C22H20N2O2S. The number of aromatic nitrogens is 1. The van der Waals surface area contributed by atoms with Crippen molar-refractivity contribution in [1.82, 2.24) is 4.98 Å². The average Bonchev–Trinajstić information content (AvgIpc) is 3.19. The quantitative estimate of drug-likeness (QED) is 0.498. The fourth-order valence-corrected chi connectivity index (χ4v) is 3.40. The molecule has 0 radical (unpaired) electrons. The van der Waals surface area contributed by atoms with Crippen molar-refractivity contribution in [3.05, 3.63) is 64.5 Å². The molecule has 0 bridgehead atoms. The van der Waals surface area contributed by atoms with E-state index in [1.54, 1.807) is 0 Å². The number of ether oxygens (including phenoxy) is 2. The van der Waals surface area contributed by atoms with Crippen LogP contribution in [0.2, 0.25) is 0 Å². The standard InChI is InChI=1S/C22H20N2O2S/c1-3-25-19-11-10-17(21(13-19)26-4-2)12-18(14-23)22-24-20(15-27-22)16-8-6-5-7-9-16/h5-13,15H,3-4H2,1-2H3. The number of allylic oxidation sites excluding steroid dienone is 1. The Morgan fingerprint density at radius 1 is 1.11 bits per heavy atom. The molecular weight excluding hydrogens is 356 g/mol. The smallest absolute Gasteiger partial charge is 0.134 e. The van der Waals surface area contributed by atoms with Crippen molar-refractivity contribution < 1.29 is 9.47 Å². The summed E-state index contributed by atoms with van der Waals surface area (Å²) in [6, 6.07) is 17.8. The number of rotatable bonds is 7. The van der Waals surface area contributed by atoms with Crippen molar-refractivity contribution in [2.75, 3.05) is 13.2 Å². The molecule has 5 heteroatoms. The van der Waals surface area contributed by atoms with E-state index in [4.69, 9.17) is 9.47 Å². The van der Waals surface area contributed by atoms with Crippen molar-refractivity contribution in [2.45, 2.75) is 13.8 Å². The van der Waals surface area contributed by atoms with E-state index < -0.39 is 0 Å². The van der Waals surface area contributed by atoms with E-state index in [1.807, 2.05) is 73.8 Å². The van der Waals surface area contributed by atoms with Gasteiger partial charge in [0.05, 0.1) is 24.5 Å². The van der Waals surface area contributed by atoms with Crippen molar-refractivity contribution in [3.63, 3.8) is 0 Å². The Morgan fingerprint density at radius 2 is 1.89 bits per heavy atom. The summed E-state index contributed by atoms with van der Waals surface area (Å²) >= 11 is 1.46. The first-order chi connectivity index (χ1) is 13.2. The van der Waals surface area contributed by atoms with Crippen LogP contribution in [-0.4, -0.2) is 18.2 Å². The van der Waals surface area contributed by atoms with Crippen LogP contribution in [0, 0.1) is 11.3 Å². The predicted molar refractivity (Wildman–Crippen MR) is 110 cm³/mol. The third-order valence-corrected chi connectivity index (χ3v) is 4.70. The molecule has 0 aliphatic carbocycles. The van der Waals surface area contributed by atoms with Crippen LogP contribution in [-0.2, 0) is 0 Å². The van der Waals surface area contributed by atoms with Crippen molar-refractivity contribution >= 4 is 23.0 Å². The zero-order chi connectivity index (χ0) is 19.1. The van der Waals surface area contributed by atoms with Crippen LogP contribution in [0.4, 0.5) is 0 Å². The Hall–Kier alpha value is -3.10. The normalized spacial score (nSPS) is 11.1. The summed E-state index contributed by atoms with van der Waals surface area (Å²) in [5.41, 5.74) is 3.24. The summed E-state index contributed by atoms with van der Waals surface area (Å²) in [6.45, 7) is 4.99. The minimum absolute atomic E-state index is 0.507. The van der Waals surface area contributed by atoms with Crippen LogP contribution in [0.1, 0.15) is 24.4 Å². The number of hydrogen-bond donors (Lipinski definition) is 0. The summed E-state index contributed by atoms with van der Waals surface area (Å²) in [7, 11) is 0. The van der Waals surface area contributed by atoms with Crippen LogP contribution >= 0.6 is 11.3 Å². The molecule has 136 valence electrons. The summed E-state index contributed by atoms with van der Waals surface area (Å²) in [6.07, 6.45) is 1.81. The van der Waals surface area contributed by atoms with Gasteiger partial charge in [0.2, 0.25) is 0 Å². The van der Waals surface area contributed by atoms with E-state index in [1.165, 1.54) is 11.3 Å². The molecule has 3 rings (SSSR count). The largest absolute Gasteiger partial charge is 0.494 e. The lowest BCUT2D eigenvalue weighted by Crippen LogP contribution is -1.97. The van der Waals surface area contributed by atoms with Gasteiger partial charge in [-0.25, -0.2) is 4.98 Å². The molecule has 27 heavy (non-hydrogen) atoms. The number of nitriles is 1. The fraction of sp³-hybridized carbons (Fsp3) is 0.182. The molecule has 0 unspecified atom stereocenters. The highest BCUT2D eigenvalue weighted by atomic mass is 32.1. The zero-order valence-electron chi connectivity index (χ0n) is 15.3. The number of nitrogens with zero attached hydrogens (tertiary/aromatic N) is 2. The van der Waals surface area contributed by atoms with Crippen molar-refractivity contribution in [1.29, 1.82) is 5.26 Å². The van der Waals surface area contributed by atoms with Gasteiger partial charge >= 0.3 is 0 Å². The second-order valence-corrected chi connectivity index (χ2v) is 6.50. The number of benzene rings is 2. The average molecular weight is 376 g/mol. The Morgan fingerprint density at radius 3 is 2.59 bits per heavy atom. The van der Waals surface area contributed by atoms with Gasteiger partial charge in [0, 0.05) is 22.6 Å². The zero-order valence-corrected chi connectivity index (χ0v) is 16.1. The minimum Gasteiger partial charge on any atom is -0.494 e. The second-order valence-electron chi connectivity index (χ2n) is 5.64. The second kappa shape index (κ2) is 9.02. The molecule has 0 atom stereocenters. The van der Waals surface area contributed by atoms with Crippen LogP contribution in [0.25, 0.3) is 22.9 Å². The van der Waals surface area contributed by atoms with E-state index in [0.29, 0.717) is 29.5 Å². The Bertz CT molecular complexity index is 971. The Kier molecular flexibility index (Phi) is 6.24. The van der Waals surface area contributed by atoms with Crippen LogP contribution < -0.4 is 9.47 Å². The third kappa shape index (κ3) is 4.55. The topological polar surface area (TPSA) is 55.1 Å². The van der Waals surface area contributed by atoms with E-state index in [9.17, 15) is 5.26 Å². The maximum absolute atomic E-state index is 9.66. The molecule has 3 aromatic rings. The van der Waals surface area contributed by atoms with Gasteiger partial charge in [-0.05, 0) is 32.1 Å². The van der Waals surface area contributed by atoms with E-state index in [-0.39, 0.29) is 0 Å². The van der Waals surface area contributed by atoms with Gasteiger partial charge in [-0.2, -0.15) is 5.26 Å². The highest BCUT2D eigenvalue weighted by Crippen LogP contribution is 2.31. The summed E-state index contributed by atoms with van der Waals surface area (Å²) in [4.78, 5) is 4.63. The molecule has 0 aliphatic rings. The summed E-state index contributed by atoms with van der Waals surface area (Å²) in [5.74, 6) is 1.44. The van der Waals surface area contributed by atoms with Crippen LogP contribution in [0.5, 0.6) is 11.5 Å². The minimum atomic E-state index is 0.507. The first-order valence-electron chi connectivity index (χ1n) is 8.78. The lowest BCUT2D eigenvalue weighted by atomic mass is 10.1. The molecule has 4 nitrogen and oxygen atoms in total. The van der Waals surface area contributed by atoms with Crippen molar-refractivity contribution in [2.24, 2.45) is 0 Å². The Balaban J connectivity index is 1.95. The van der Waals surface area contributed by atoms with Crippen LogP contribution in [0.3, 0.4) is 0 Å². The highest BCUT2D eigenvalue weighted by molar-refractivity contribution is 7.11. The summed E-state index contributed by atoms with van der Waals surface area (Å²) in [5, 5.41) is 12.3. The van der Waals surface area contributed by atoms with Crippen LogP contribution in [0.15, 0.2) is 53.9 Å². The molecule has 0 saturated carbocycles. The Labute approximate surface area is 163 Å². The molecule has 0 N–H and O–H groups in total. The van der Waals surface area contributed by atoms with Gasteiger partial charge in [0.15, 0.2) is 0 Å². The molecule has 1 heterocycles. The molecule has 0 amide bonds. The fourth-order valence-electron chi connectivity index (χ4n) is 2.61. The maximum Gasteiger partial charge on any atom is 0.134 e. The van der Waals surface area contributed by atoms with E-state index in [0.717, 1.165) is 22.6 Å². The van der Waals surface area contributed by atoms with Gasteiger partial charge in [0.1, 0.15) is 22.6 Å². The first-order valence-corrected chi connectivity index (χ1v) is 9.65. The molecule has 0 aliphatic heterocycles. The van der Waals surface area contributed by atoms with Gasteiger partial charge in [-0.1, -0.05) is 30.3 Å². The molecule has 2 aromatic carbocycles. The van der Waals surface area contributed by atoms with Gasteiger partial charge in [0.25, 0.3) is 0 Å². The van der Waals surface area contributed by atoms with Crippen molar-refractivity contribution in [3.8, 4) is 28.8 Å². The molecule has 0 fully saturated rings. The molecule has 0 saturated heterocycles. The highest BCUT2D eigenvalue weighted by Gasteiger charge is 2.11. The van der Waals surface area contributed by atoms with Gasteiger partial charge in [-0.3, -0.25) is 0 Å². The molecule has 1 aromatic heterocycles. The predicted octanol–water partition coefficient (Wildman–Crippen LogP) is 5.67. The SMILES string of the molecule is CCOc1ccc(C=C(C#N)c2nc(-c3ccccc3)cs2)c(OCC)c1. The molecule has 0 spiro atoms. The lowest BCUT2D eigenvalue weighted by Gasteiger charge is -2.10. The number of thiazole rings is 1. The summed E-state index contributed by atoms with van der Waals surface area (Å²) < 4.78 is 11.3. The lowest BCUT2D eigenvalue weighted by molar-refractivity contribution is 0.322. The first kappa shape index (κ1) is 18.7. The van der Waals surface area contributed by atoms with E-state index in [2.05, 4.69) is 11.1 Å². The number of hydrogen-bond acceptors (Lipinski definition) is 5.